The Labute approximate surface area is 76.9 Å². The predicted octanol–water partition coefficient (Wildman–Crippen LogP) is 0.0596. The number of hydrogen-bond donors (Lipinski definition) is 1. The lowest BCUT2D eigenvalue weighted by Gasteiger charge is -1.95. The fourth-order valence-corrected chi connectivity index (χ4v) is 0.886. The number of amides is 1. The van der Waals surface area contributed by atoms with Crippen molar-refractivity contribution in [1.29, 1.82) is 0 Å². The molecule has 4 heteroatoms. The molecule has 0 bridgehead atoms. The van der Waals surface area contributed by atoms with Gasteiger partial charge in [0.2, 0.25) is 0 Å². The summed E-state index contributed by atoms with van der Waals surface area (Å²) < 4.78 is 1.69. The molecule has 0 saturated heterocycles. The van der Waals surface area contributed by atoms with Crippen LogP contribution >= 0.6 is 0 Å². The fraction of sp³-hybridized carbons (Fsp3) is 0.333. The Balaban J connectivity index is 2.42. The van der Waals surface area contributed by atoms with Crippen LogP contribution < -0.4 is 5.32 Å². The number of rotatable bonds is 2. The fourth-order valence-electron chi connectivity index (χ4n) is 0.886. The standard InChI is InChI=1S/C9H11N3O/c1-3-4-9(13)10-7-8-5-6-12(2)11-8/h5-6H,7H2,1-2H3,(H,10,13). The zero-order chi connectivity index (χ0) is 9.68. The van der Waals surface area contributed by atoms with E-state index < -0.39 is 0 Å². The van der Waals surface area contributed by atoms with Crippen molar-refractivity contribution in [1.82, 2.24) is 15.1 Å². The van der Waals surface area contributed by atoms with E-state index in [9.17, 15) is 4.79 Å². The van der Waals surface area contributed by atoms with Gasteiger partial charge in [-0.1, -0.05) is 5.92 Å². The minimum Gasteiger partial charge on any atom is -0.340 e. The van der Waals surface area contributed by atoms with Gasteiger partial charge in [0, 0.05) is 13.2 Å². The number of nitrogens with one attached hydrogen (secondary N) is 1. The second-order valence-corrected chi connectivity index (χ2v) is 2.54. The van der Waals surface area contributed by atoms with Crippen molar-refractivity contribution >= 4 is 5.91 Å². The Bertz CT molecular complexity index is 356. The summed E-state index contributed by atoms with van der Waals surface area (Å²) in [5, 5.41) is 6.72. The summed E-state index contributed by atoms with van der Waals surface area (Å²) in [5.41, 5.74) is 0.828. The number of nitrogens with zero attached hydrogens (tertiary/aromatic N) is 2. The third-order valence-corrected chi connectivity index (χ3v) is 1.44. The SMILES string of the molecule is CC#CC(=O)NCc1ccn(C)n1. The summed E-state index contributed by atoms with van der Waals surface area (Å²) in [6.45, 7) is 2.05. The van der Waals surface area contributed by atoms with E-state index in [4.69, 9.17) is 0 Å². The summed E-state index contributed by atoms with van der Waals surface area (Å²) in [6.07, 6.45) is 1.83. The van der Waals surface area contributed by atoms with Crippen molar-refractivity contribution < 1.29 is 4.79 Å². The van der Waals surface area contributed by atoms with Gasteiger partial charge in [-0.2, -0.15) is 5.10 Å². The van der Waals surface area contributed by atoms with Crippen molar-refractivity contribution in [3.05, 3.63) is 18.0 Å². The number of hydrogen-bond acceptors (Lipinski definition) is 2. The second-order valence-electron chi connectivity index (χ2n) is 2.54. The largest absolute Gasteiger partial charge is 0.340 e. The molecule has 1 rings (SSSR count). The lowest BCUT2D eigenvalue weighted by atomic mass is 10.4. The molecule has 68 valence electrons. The van der Waals surface area contributed by atoms with Gasteiger partial charge in [-0.3, -0.25) is 9.48 Å². The van der Waals surface area contributed by atoms with Crippen LogP contribution in [0.15, 0.2) is 12.3 Å². The first-order valence-corrected chi connectivity index (χ1v) is 3.91. The van der Waals surface area contributed by atoms with Crippen molar-refractivity contribution in [3.63, 3.8) is 0 Å². The molecule has 1 aromatic heterocycles. The molecule has 0 fully saturated rings. The molecule has 0 saturated carbocycles. The molecule has 0 atom stereocenters. The maximum atomic E-state index is 10.9. The Morgan fingerprint density at radius 1 is 1.77 bits per heavy atom. The summed E-state index contributed by atoms with van der Waals surface area (Å²) in [4.78, 5) is 10.9. The van der Waals surface area contributed by atoms with E-state index in [0.717, 1.165) is 5.69 Å². The number of carbonyl (C=O) groups is 1. The Morgan fingerprint density at radius 2 is 2.54 bits per heavy atom. The molecule has 1 amide bonds. The van der Waals surface area contributed by atoms with Crippen LogP contribution in [0.2, 0.25) is 0 Å². The van der Waals surface area contributed by atoms with Crippen LogP contribution in [0.25, 0.3) is 0 Å². The van der Waals surface area contributed by atoms with E-state index in [1.54, 1.807) is 11.6 Å². The van der Waals surface area contributed by atoms with E-state index in [-0.39, 0.29) is 5.91 Å². The van der Waals surface area contributed by atoms with E-state index in [1.165, 1.54) is 0 Å². The van der Waals surface area contributed by atoms with E-state index >= 15 is 0 Å². The topological polar surface area (TPSA) is 46.9 Å². The van der Waals surface area contributed by atoms with Crippen molar-refractivity contribution in [2.45, 2.75) is 13.5 Å². The summed E-state index contributed by atoms with van der Waals surface area (Å²) in [5.74, 6) is 4.64. The minimum atomic E-state index is -0.270. The highest BCUT2D eigenvalue weighted by atomic mass is 16.1. The number of carbonyl (C=O) groups excluding carboxylic acids is 1. The molecule has 0 aliphatic rings. The van der Waals surface area contributed by atoms with Gasteiger partial charge in [-0.15, -0.1) is 0 Å². The summed E-state index contributed by atoms with van der Waals surface area (Å²) in [6, 6.07) is 1.85. The molecule has 0 spiro atoms. The zero-order valence-electron chi connectivity index (χ0n) is 7.66. The van der Waals surface area contributed by atoms with Crippen LogP contribution in [0, 0.1) is 11.8 Å². The summed E-state index contributed by atoms with van der Waals surface area (Å²) >= 11 is 0. The van der Waals surface area contributed by atoms with Crippen LogP contribution in [0.4, 0.5) is 0 Å². The van der Waals surface area contributed by atoms with Crippen molar-refractivity contribution in [3.8, 4) is 11.8 Å². The van der Waals surface area contributed by atoms with Gasteiger partial charge in [-0.25, -0.2) is 0 Å². The molecule has 1 aromatic rings. The highest BCUT2D eigenvalue weighted by Gasteiger charge is 1.98. The van der Waals surface area contributed by atoms with E-state index in [0.29, 0.717) is 6.54 Å². The lowest BCUT2D eigenvalue weighted by Crippen LogP contribution is -2.21. The average molecular weight is 177 g/mol. The van der Waals surface area contributed by atoms with Gasteiger partial charge in [-0.05, 0) is 18.9 Å². The number of aryl methyl sites for hydroxylation is 1. The maximum Gasteiger partial charge on any atom is 0.296 e. The van der Waals surface area contributed by atoms with Gasteiger partial charge in [0.05, 0.1) is 12.2 Å². The molecule has 4 nitrogen and oxygen atoms in total. The molecule has 13 heavy (non-hydrogen) atoms. The molecule has 0 aliphatic carbocycles. The van der Waals surface area contributed by atoms with Crippen molar-refractivity contribution in [2.75, 3.05) is 0 Å². The third kappa shape index (κ3) is 2.99. The van der Waals surface area contributed by atoms with Crippen LogP contribution in [0.1, 0.15) is 12.6 Å². The van der Waals surface area contributed by atoms with E-state index in [1.807, 2.05) is 19.3 Å². The number of aromatic nitrogens is 2. The monoisotopic (exact) mass is 177 g/mol. The van der Waals surface area contributed by atoms with Crippen molar-refractivity contribution in [2.24, 2.45) is 7.05 Å². The van der Waals surface area contributed by atoms with Gasteiger partial charge in [0.15, 0.2) is 0 Å². The first-order valence-electron chi connectivity index (χ1n) is 3.91. The molecule has 1 heterocycles. The van der Waals surface area contributed by atoms with Crippen LogP contribution in [0.3, 0.4) is 0 Å². The minimum absolute atomic E-state index is 0.270. The Kier molecular flexibility index (Phi) is 3.09. The quantitative estimate of drug-likeness (QED) is 0.649. The lowest BCUT2D eigenvalue weighted by molar-refractivity contribution is -0.115. The molecule has 1 N–H and O–H groups in total. The highest BCUT2D eigenvalue weighted by Crippen LogP contribution is 1.91. The first kappa shape index (κ1) is 9.33. The van der Waals surface area contributed by atoms with Gasteiger partial charge in [0.25, 0.3) is 5.91 Å². The van der Waals surface area contributed by atoms with Crippen LogP contribution in [-0.4, -0.2) is 15.7 Å². The molecule has 0 aliphatic heterocycles. The molecule has 0 unspecified atom stereocenters. The van der Waals surface area contributed by atoms with Crippen LogP contribution in [0.5, 0.6) is 0 Å². The maximum absolute atomic E-state index is 10.9. The molecule has 0 radical (unpaired) electrons. The first-order chi connectivity index (χ1) is 6.22. The van der Waals surface area contributed by atoms with Gasteiger partial charge >= 0.3 is 0 Å². The van der Waals surface area contributed by atoms with Crippen LogP contribution in [-0.2, 0) is 18.4 Å². The Morgan fingerprint density at radius 3 is 3.08 bits per heavy atom. The normalized spacial score (nSPS) is 8.77. The van der Waals surface area contributed by atoms with Gasteiger partial charge in [0.1, 0.15) is 0 Å². The second kappa shape index (κ2) is 4.31. The molecular weight excluding hydrogens is 166 g/mol. The Hall–Kier alpha value is -1.76. The average Bonchev–Trinajstić information content (AvgIpc) is 2.49. The smallest absolute Gasteiger partial charge is 0.296 e. The van der Waals surface area contributed by atoms with Gasteiger partial charge < -0.3 is 5.32 Å². The molecular formula is C9H11N3O. The highest BCUT2D eigenvalue weighted by molar-refractivity contribution is 5.93. The summed E-state index contributed by atoms with van der Waals surface area (Å²) in [7, 11) is 1.83. The molecule has 0 aromatic carbocycles. The zero-order valence-corrected chi connectivity index (χ0v) is 7.66. The third-order valence-electron chi connectivity index (χ3n) is 1.44. The predicted molar refractivity (Wildman–Crippen MR) is 48.5 cm³/mol. The van der Waals surface area contributed by atoms with E-state index in [2.05, 4.69) is 22.3 Å².